The lowest BCUT2D eigenvalue weighted by Gasteiger charge is -2.42. The molecule has 1 aliphatic rings. The maximum atomic E-state index is 5.42. The molecule has 0 saturated carbocycles. The lowest BCUT2D eigenvalue weighted by atomic mass is 9.82. The summed E-state index contributed by atoms with van der Waals surface area (Å²) in [5.41, 5.74) is 1.66. The van der Waals surface area contributed by atoms with E-state index < -0.39 is 0 Å². The average Bonchev–Trinajstić information content (AvgIpc) is 2.50. The Bertz CT molecular complexity index is 328. The lowest BCUT2D eigenvalue weighted by Crippen LogP contribution is -2.54. The molecule has 1 fully saturated rings. The number of hydrogen-bond acceptors (Lipinski definition) is 3. The molecule has 2 rings (SSSR count). The summed E-state index contributed by atoms with van der Waals surface area (Å²) >= 11 is 1.86. The molecule has 2 heterocycles. The Morgan fingerprint density at radius 1 is 1.53 bits per heavy atom. The number of hydrogen-bond donors (Lipinski definition) is 1. The van der Waals surface area contributed by atoms with Gasteiger partial charge in [-0.15, -0.1) is 11.3 Å². The minimum Gasteiger partial charge on any atom is -0.379 e. The molecule has 2 nitrogen and oxygen atoms in total. The summed E-state index contributed by atoms with van der Waals surface area (Å²) in [5.74, 6) is 0. The van der Waals surface area contributed by atoms with E-state index in [-0.39, 0.29) is 5.41 Å². The van der Waals surface area contributed by atoms with Gasteiger partial charge in [0.05, 0.1) is 18.6 Å². The van der Waals surface area contributed by atoms with Gasteiger partial charge in [0.25, 0.3) is 0 Å². The second-order valence-corrected chi connectivity index (χ2v) is 5.66. The van der Waals surface area contributed by atoms with Crippen molar-refractivity contribution in [3.63, 3.8) is 0 Å². The van der Waals surface area contributed by atoms with Crippen LogP contribution < -0.4 is 5.32 Å². The average molecular weight is 225 g/mol. The van der Waals surface area contributed by atoms with Crippen LogP contribution in [0.3, 0.4) is 0 Å². The normalized spacial score (nSPS) is 19.2. The Kier molecular flexibility index (Phi) is 3.14. The van der Waals surface area contributed by atoms with E-state index in [0.29, 0.717) is 6.04 Å². The quantitative estimate of drug-likeness (QED) is 0.849. The Morgan fingerprint density at radius 3 is 2.67 bits per heavy atom. The molecule has 1 N–H and O–H groups in total. The minimum absolute atomic E-state index is 0.252. The zero-order valence-corrected chi connectivity index (χ0v) is 10.5. The maximum absolute atomic E-state index is 5.42. The van der Waals surface area contributed by atoms with E-state index in [1.165, 1.54) is 10.4 Å². The number of ether oxygens (including phenoxy) is 1. The van der Waals surface area contributed by atoms with Crippen molar-refractivity contribution in [2.75, 3.05) is 19.8 Å². The molecule has 1 aromatic heterocycles. The molecule has 15 heavy (non-hydrogen) atoms. The number of rotatable bonds is 4. The van der Waals surface area contributed by atoms with Crippen molar-refractivity contribution in [3.05, 3.63) is 21.9 Å². The van der Waals surface area contributed by atoms with Gasteiger partial charge in [-0.25, -0.2) is 0 Å². The first kappa shape index (κ1) is 11.1. The fourth-order valence-electron chi connectivity index (χ4n) is 1.98. The van der Waals surface area contributed by atoms with Crippen molar-refractivity contribution in [2.45, 2.75) is 32.2 Å². The van der Waals surface area contributed by atoms with Crippen LogP contribution in [0.4, 0.5) is 0 Å². The van der Waals surface area contributed by atoms with Gasteiger partial charge in [0.1, 0.15) is 0 Å². The first-order valence-corrected chi connectivity index (χ1v) is 6.38. The Hall–Kier alpha value is -0.380. The summed E-state index contributed by atoms with van der Waals surface area (Å²) in [5, 5.41) is 5.71. The summed E-state index contributed by atoms with van der Waals surface area (Å²) in [6.07, 6.45) is 0. The predicted octanol–water partition coefficient (Wildman–Crippen LogP) is 2.32. The van der Waals surface area contributed by atoms with Crippen molar-refractivity contribution in [1.29, 1.82) is 0 Å². The van der Waals surface area contributed by atoms with Crippen molar-refractivity contribution in [1.82, 2.24) is 5.32 Å². The third-order valence-corrected chi connectivity index (χ3v) is 4.21. The smallest absolute Gasteiger partial charge is 0.0641 e. The van der Waals surface area contributed by atoms with Crippen LogP contribution in [0, 0.1) is 6.92 Å². The van der Waals surface area contributed by atoms with Gasteiger partial charge >= 0.3 is 0 Å². The van der Waals surface area contributed by atoms with E-state index in [1.54, 1.807) is 0 Å². The van der Waals surface area contributed by atoms with Crippen LogP contribution in [0.15, 0.2) is 11.4 Å². The molecule has 0 aliphatic carbocycles. The van der Waals surface area contributed by atoms with Gasteiger partial charge in [-0.05, 0) is 23.9 Å². The van der Waals surface area contributed by atoms with Gasteiger partial charge in [-0.1, -0.05) is 13.8 Å². The molecular weight excluding hydrogens is 206 g/mol. The highest BCUT2D eigenvalue weighted by Crippen LogP contribution is 2.37. The van der Waals surface area contributed by atoms with Gasteiger partial charge in [0.15, 0.2) is 0 Å². The molecule has 84 valence electrons. The zero-order chi connectivity index (χ0) is 10.9. The second-order valence-electron chi connectivity index (χ2n) is 4.74. The maximum Gasteiger partial charge on any atom is 0.0641 e. The monoisotopic (exact) mass is 225 g/mol. The topological polar surface area (TPSA) is 21.3 Å². The van der Waals surface area contributed by atoms with Gasteiger partial charge < -0.3 is 10.1 Å². The standard InChI is InChI=1S/C12H19NOS/c1-9(2)13-6-12(7-14-8-12)11-10(3)4-5-15-11/h4-5,9,13H,6-8H2,1-3H3. The van der Waals surface area contributed by atoms with Gasteiger partial charge in [-0.3, -0.25) is 0 Å². The SMILES string of the molecule is Cc1ccsc1C1(CNC(C)C)COC1. The highest BCUT2D eigenvalue weighted by Gasteiger charge is 2.42. The van der Waals surface area contributed by atoms with Gasteiger partial charge in [0.2, 0.25) is 0 Å². The minimum atomic E-state index is 0.252. The van der Waals surface area contributed by atoms with Gasteiger partial charge in [-0.2, -0.15) is 0 Å². The summed E-state index contributed by atoms with van der Waals surface area (Å²) in [7, 11) is 0. The van der Waals surface area contributed by atoms with Crippen molar-refractivity contribution < 1.29 is 4.74 Å². The Labute approximate surface area is 95.6 Å². The molecule has 1 aromatic rings. The van der Waals surface area contributed by atoms with E-state index in [9.17, 15) is 0 Å². The largest absolute Gasteiger partial charge is 0.379 e. The third-order valence-electron chi connectivity index (χ3n) is 2.95. The Balaban J connectivity index is 2.12. The summed E-state index contributed by atoms with van der Waals surface area (Å²) in [6.45, 7) is 9.35. The molecule has 0 aromatic carbocycles. The molecule has 0 atom stereocenters. The molecular formula is C12H19NOS. The zero-order valence-electron chi connectivity index (χ0n) is 9.67. The van der Waals surface area contributed by atoms with Crippen molar-refractivity contribution >= 4 is 11.3 Å². The molecule has 0 bridgehead atoms. The van der Waals surface area contributed by atoms with E-state index in [4.69, 9.17) is 4.74 Å². The van der Waals surface area contributed by atoms with E-state index in [2.05, 4.69) is 37.5 Å². The van der Waals surface area contributed by atoms with Crippen LogP contribution in [0.5, 0.6) is 0 Å². The molecule has 0 spiro atoms. The van der Waals surface area contributed by atoms with Crippen molar-refractivity contribution in [3.8, 4) is 0 Å². The summed E-state index contributed by atoms with van der Waals surface area (Å²) < 4.78 is 5.42. The fourth-order valence-corrected chi connectivity index (χ4v) is 3.08. The number of nitrogens with one attached hydrogen (secondary N) is 1. The highest BCUT2D eigenvalue weighted by atomic mass is 32.1. The number of thiophene rings is 1. The molecule has 3 heteroatoms. The highest BCUT2D eigenvalue weighted by molar-refractivity contribution is 7.10. The van der Waals surface area contributed by atoms with Crippen molar-refractivity contribution in [2.24, 2.45) is 0 Å². The molecule has 1 saturated heterocycles. The van der Waals surface area contributed by atoms with Crippen LogP contribution in [-0.4, -0.2) is 25.8 Å². The van der Waals surface area contributed by atoms with E-state index in [1.807, 2.05) is 11.3 Å². The number of aryl methyl sites for hydroxylation is 1. The third kappa shape index (κ3) is 2.10. The molecule has 0 amide bonds. The fraction of sp³-hybridized carbons (Fsp3) is 0.667. The van der Waals surface area contributed by atoms with Crippen LogP contribution in [0.25, 0.3) is 0 Å². The summed E-state index contributed by atoms with van der Waals surface area (Å²) in [6, 6.07) is 2.75. The summed E-state index contributed by atoms with van der Waals surface area (Å²) in [4.78, 5) is 1.50. The van der Waals surface area contributed by atoms with Gasteiger partial charge in [0, 0.05) is 17.5 Å². The van der Waals surface area contributed by atoms with E-state index >= 15 is 0 Å². The molecule has 1 aliphatic heterocycles. The predicted molar refractivity (Wildman–Crippen MR) is 64.7 cm³/mol. The van der Waals surface area contributed by atoms with E-state index in [0.717, 1.165) is 19.8 Å². The van der Waals surface area contributed by atoms with Crippen LogP contribution >= 0.6 is 11.3 Å². The van der Waals surface area contributed by atoms with Crippen LogP contribution in [0.2, 0.25) is 0 Å². The van der Waals surface area contributed by atoms with Crippen LogP contribution in [-0.2, 0) is 10.2 Å². The lowest BCUT2D eigenvalue weighted by molar-refractivity contribution is -0.0581. The Morgan fingerprint density at radius 2 is 2.27 bits per heavy atom. The first-order chi connectivity index (χ1) is 7.14. The van der Waals surface area contributed by atoms with Crippen LogP contribution in [0.1, 0.15) is 24.3 Å². The molecule has 0 unspecified atom stereocenters. The molecule has 0 radical (unpaired) electrons. The second kappa shape index (κ2) is 4.24. The first-order valence-electron chi connectivity index (χ1n) is 5.50.